The predicted octanol–water partition coefficient (Wildman–Crippen LogP) is 2.14. The molecule has 1 rings (SSSR count). The lowest BCUT2D eigenvalue weighted by molar-refractivity contribution is 0.0507. The van der Waals surface area contributed by atoms with Crippen LogP contribution in [0.5, 0.6) is 0 Å². The summed E-state index contributed by atoms with van der Waals surface area (Å²) in [4.78, 5) is 24.8. The Hall–Kier alpha value is -1.43. The van der Waals surface area contributed by atoms with E-state index in [2.05, 4.69) is 9.72 Å². The zero-order valence-electron chi connectivity index (χ0n) is 8.22. The van der Waals surface area contributed by atoms with Crippen molar-refractivity contribution >= 4 is 17.6 Å². The predicted molar refractivity (Wildman–Crippen MR) is 53.0 cm³/mol. The summed E-state index contributed by atoms with van der Waals surface area (Å²) < 4.78 is 29.7. The van der Waals surface area contributed by atoms with Crippen LogP contribution in [0.1, 0.15) is 29.4 Å². The Balaban J connectivity index is 3.35. The van der Waals surface area contributed by atoms with Gasteiger partial charge in [-0.3, -0.25) is 4.79 Å². The van der Waals surface area contributed by atoms with Gasteiger partial charge in [-0.2, -0.15) is 0 Å². The van der Waals surface area contributed by atoms with Crippen LogP contribution in [-0.2, 0) is 4.74 Å². The molecule has 0 radical (unpaired) electrons. The molecular weight excluding hydrogens is 244 g/mol. The summed E-state index contributed by atoms with van der Waals surface area (Å²) in [6, 6.07) is 0. The zero-order chi connectivity index (χ0) is 12.3. The van der Waals surface area contributed by atoms with Gasteiger partial charge in [0.05, 0.1) is 12.2 Å². The number of hydrogen-bond acceptors (Lipinski definition) is 3. The van der Waals surface area contributed by atoms with Gasteiger partial charge in [0.25, 0.3) is 6.43 Å². The molecule has 4 nitrogen and oxygen atoms in total. The molecule has 0 fully saturated rings. The Morgan fingerprint density at radius 2 is 2.25 bits per heavy atom. The fourth-order valence-electron chi connectivity index (χ4n) is 1.10. The minimum atomic E-state index is -3.10. The Morgan fingerprint density at radius 1 is 1.62 bits per heavy atom. The van der Waals surface area contributed by atoms with Crippen molar-refractivity contribution < 1.29 is 18.3 Å². The van der Waals surface area contributed by atoms with Crippen LogP contribution in [0.3, 0.4) is 0 Å². The Kier molecular flexibility index (Phi) is 4.00. The summed E-state index contributed by atoms with van der Waals surface area (Å²) in [5, 5.41) is -0.400. The highest BCUT2D eigenvalue weighted by molar-refractivity contribution is 6.30. The summed E-state index contributed by atoms with van der Waals surface area (Å²) in [7, 11) is 0. The van der Waals surface area contributed by atoms with Gasteiger partial charge in [-0.05, 0) is 6.92 Å². The van der Waals surface area contributed by atoms with Crippen molar-refractivity contribution in [3.05, 3.63) is 32.7 Å². The molecule has 0 aromatic carbocycles. The Bertz CT molecular complexity index is 459. The standard InChI is InChI=1S/C9H8ClF2NO3/c1-2-16-9(15)6-5(8(11)12)7(14)4(10)3-13-6/h3,8H,2H2,1H3,(H,13,14). The molecule has 0 aliphatic heterocycles. The van der Waals surface area contributed by atoms with Gasteiger partial charge >= 0.3 is 5.97 Å². The number of nitrogens with one attached hydrogen (secondary N) is 1. The molecule has 0 amide bonds. The maximum Gasteiger partial charge on any atom is 0.355 e. The number of alkyl halides is 2. The van der Waals surface area contributed by atoms with Crippen molar-refractivity contribution in [3.63, 3.8) is 0 Å². The van der Waals surface area contributed by atoms with Crippen molar-refractivity contribution in [2.24, 2.45) is 0 Å². The van der Waals surface area contributed by atoms with Gasteiger partial charge in [0.1, 0.15) is 10.7 Å². The van der Waals surface area contributed by atoms with E-state index in [4.69, 9.17) is 11.6 Å². The van der Waals surface area contributed by atoms with Crippen LogP contribution in [-0.4, -0.2) is 17.6 Å². The molecule has 0 bridgehead atoms. The van der Waals surface area contributed by atoms with Crippen LogP contribution in [0.4, 0.5) is 8.78 Å². The van der Waals surface area contributed by atoms with Crippen LogP contribution in [0.15, 0.2) is 11.0 Å². The quantitative estimate of drug-likeness (QED) is 0.838. The lowest BCUT2D eigenvalue weighted by atomic mass is 10.2. The molecule has 0 atom stereocenters. The minimum absolute atomic E-state index is 0.0200. The SMILES string of the molecule is CCOC(=O)c1[nH]cc(Cl)c(=O)c1C(F)F. The second-order valence-electron chi connectivity index (χ2n) is 2.78. The smallest absolute Gasteiger partial charge is 0.355 e. The number of hydrogen-bond donors (Lipinski definition) is 1. The van der Waals surface area contributed by atoms with Crippen LogP contribution in [0, 0.1) is 0 Å². The van der Waals surface area contributed by atoms with Crippen LogP contribution < -0.4 is 5.43 Å². The molecule has 0 saturated carbocycles. The van der Waals surface area contributed by atoms with Crippen molar-refractivity contribution in [2.75, 3.05) is 6.61 Å². The topological polar surface area (TPSA) is 59.2 Å². The summed E-state index contributed by atoms with van der Waals surface area (Å²) >= 11 is 5.38. The van der Waals surface area contributed by atoms with Crippen molar-refractivity contribution in [1.82, 2.24) is 4.98 Å². The van der Waals surface area contributed by atoms with Gasteiger partial charge in [0, 0.05) is 6.20 Å². The molecule has 1 aromatic heterocycles. The first kappa shape index (κ1) is 12.6. The molecule has 16 heavy (non-hydrogen) atoms. The summed E-state index contributed by atoms with van der Waals surface area (Å²) in [6.45, 7) is 1.54. The second kappa shape index (κ2) is 5.07. The number of aromatic amines is 1. The Labute approximate surface area is 94.2 Å². The van der Waals surface area contributed by atoms with E-state index in [-0.39, 0.29) is 6.61 Å². The zero-order valence-corrected chi connectivity index (χ0v) is 8.98. The second-order valence-corrected chi connectivity index (χ2v) is 3.18. The lowest BCUT2D eigenvalue weighted by Crippen LogP contribution is -2.20. The molecule has 1 heterocycles. The third-order valence-electron chi connectivity index (χ3n) is 1.77. The van der Waals surface area contributed by atoms with Crippen LogP contribution in [0.2, 0.25) is 5.02 Å². The number of carbonyl (C=O) groups excluding carboxylic acids is 1. The number of H-pyrrole nitrogens is 1. The van der Waals surface area contributed by atoms with Gasteiger partial charge < -0.3 is 9.72 Å². The van der Waals surface area contributed by atoms with E-state index in [1.807, 2.05) is 0 Å². The van der Waals surface area contributed by atoms with E-state index in [1.54, 1.807) is 0 Å². The normalized spacial score (nSPS) is 10.6. The highest BCUT2D eigenvalue weighted by atomic mass is 35.5. The number of ether oxygens (including phenoxy) is 1. The third-order valence-corrected chi connectivity index (χ3v) is 2.05. The molecule has 0 spiro atoms. The van der Waals surface area contributed by atoms with E-state index < -0.39 is 34.1 Å². The van der Waals surface area contributed by atoms with E-state index in [0.717, 1.165) is 6.20 Å². The first-order valence-electron chi connectivity index (χ1n) is 4.35. The summed E-state index contributed by atoms with van der Waals surface area (Å²) in [5.74, 6) is -1.01. The Morgan fingerprint density at radius 3 is 2.75 bits per heavy atom. The summed E-state index contributed by atoms with van der Waals surface area (Å²) in [5.41, 5.74) is -2.60. The average Bonchev–Trinajstić information content (AvgIpc) is 2.21. The molecule has 0 unspecified atom stereocenters. The molecule has 1 aromatic rings. The van der Waals surface area contributed by atoms with Crippen LogP contribution in [0.25, 0.3) is 0 Å². The first-order chi connectivity index (χ1) is 7.49. The van der Waals surface area contributed by atoms with Crippen molar-refractivity contribution in [1.29, 1.82) is 0 Å². The molecule has 1 N–H and O–H groups in total. The van der Waals surface area contributed by atoms with Gasteiger partial charge in [0.2, 0.25) is 5.43 Å². The largest absolute Gasteiger partial charge is 0.461 e. The molecule has 88 valence electrons. The highest BCUT2D eigenvalue weighted by Crippen LogP contribution is 2.20. The average molecular weight is 252 g/mol. The maximum absolute atomic E-state index is 12.6. The number of carbonyl (C=O) groups is 1. The van der Waals surface area contributed by atoms with Gasteiger partial charge in [-0.25, -0.2) is 13.6 Å². The van der Waals surface area contributed by atoms with E-state index in [1.165, 1.54) is 6.92 Å². The number of halogens is 3. The maximum atomic E-state index is 12.6. The lowest BCUT2D eigenvalue weighted by Gasteiger charge is -2.07. The number of aromatic nitrogens is 1. The molecule has 0 saturated heterocycles. The molecule has 0 aliphatic rings. The summed E-state index contributed by atoms with van der Waals surface area (Å²) in [6.07, 6.45) is -2.12. The molecule has 0 aliphatic carbocycles. The minimum Gasteiger partial charge on any atom is -0.461 e. The van der Waals surface area contributed by atoms with Gasteiger partial charge in [-0.15, -0.1) is 0 Å². The fourth-order valence-corrected chi connectivity index (χ4v) is 1.26. The van der Waals surface area contributed by atoms with Crippen LogP contribution >= 0.6 is 11.6 Å². The van der Waals surface area contributed by atoms with E-state index >= 15 is 0 Å². The van der Waals surface area contributed by atoms with Crippen molar-refractivity contribution in [3.8, 4) is 0 Å². The number of esters is 1. The monoisotopic (exact) mass is 251 g/mol. The van der Waals surface area contributed by atoms with Gasteiger partial charge in [-0.1, -0.05) is 11.6 Å². The molecular formula is C9H8ClF2NO3. The number of rotatable bonds is 3. The molecule has 7 heteroatoms. The highest BCUT2D eigenvalue weighted by Gasteiger charge is 2.24. The van der Waals surface area contributed by atoms with Crippen molar-refractivity contribution in [2.45, 2.75) is 13.3 Å². The first-order valence-corrected chi connectivity index (χ1v) is 4.73. The number of pyridine rings is 1. The van der Waals surface area contributed by atoms with E-state index in [0.29, 0.717) is 0 Å². The van der Waals surface area contributed by atoms with E-state index in [9.17, 15) is 18.4 Å². The van der Waals surface area contributed by atoms with Gasteiger partial charge in [0.15, 0.2) is 0 Å². The fraction of sp³-hybridized carbons (Fsp3) is 0.333. The third kappa shape index (κ3) is 2.38.